The van der Waals surface area contributed by atoms with E-state index in [2.05, 4.69) is 26.6 Å². The summed E-state index contributed by atoms with van der Waals surface area (Å²) in [6.07, 6.45) is 0. The highest BCUT2D eigenvalue weighted by Crippen LogP contribution is 1.86. The van der Waals surface area contributed by atoms with Gasteiger partial charge >= 0.3 is 6.03 Å². The van der Waals surface area contributed by atoms with Crippen LogP contribution in [0.25, 0.3) is 0 Å². The summed E-state index contributed by atoms with van der Waals surface area (Å²) in [5.74, 6) is 0.0473. The standard InChI is InChI=1S/C7H13BrN2O2/c1-5(2)4-9-7(12)10-6(11)3-8/h5H,3-4H2,1-2H3,(H2,9,10,11,12). The molecule has 0 rings (SSSR count). The third kappa shape index (κ3) is 6.15. The molecule has 0 bridgehead atoms. The Morgan fingerprint density at radius 1 is 1.42 bits per heavy atom. The van der Waals surface area contributed by atoms with Gasteiger partial charge in [-0.3, -0.25) is 10.1 Å². The van der Waals surface area contributed by atoms with E-state index in [1.165, 1.54) is 0 Å². The van der Waals surface area contributed by atoms with Crippen LogP contribution in [0.2, 0.25) is 0 Å². The zero-order chi connectivity index (χ0) is 9.56. The van der Waals surface area contributed by atoms with Crippen molar-refractivity contribution < 1.29 is 9.59 Å². The SMILES string of the molecule is CC(C)CNC(=O)NC(=O)CBr. The monoisotopic (exact) mass is 236 g/mol. The Morgan fingerprint density at radius 2 is 2.00 bits per heavy atom. The average Bonchev–Trinajstić information content (AvgIpc) is 2.00. The molecule has 0 aromatic heterocycles. The molecule has 0 aromatic carbocycles. The van der Waals surface area contributed by atoms with E-state index in [9.17, 15) is 9.59 Å². The summed E-state index contributed by atoms with van der Waals surface area (Å²) in [5.41, 5.74) is 0. The third-order valence-corrected chi connectivity index (χ3v) is 1.55. The Balaban J connectivity index is 3.53. The number of carbonyl (C=O) groups is 2. The first-order valence-corrected chi connectivity index (χ1v) is 4.82. The maximum Gasteiger partial charge on any atom is 0.321 e. The fourth-order valence-corrected chi connectivity index (χ4v) is 0.641. The maximum absolute atomic E-state index is 10.9. The summed E-state index contributed by atoms with van der Waals surface area (Å²) < 4.78 is 0. The Hall–Kier alpha value is -0.580. The topological polar surface area (TPSA) is 58.2 Å². The number of hydrogen-bond donors (Lipinski definition) is 2. The van der Waals surface area contributed by atoms with Gasteiger partial charge in [0.2, 0.25) is 5.91 Å². The molecular weight excluding hydrogens is 224 g/mol. The molecule has 2 N–H and O–H groups in total. The molecule has 0 aliphatic carbocycles. The number of carbonyl (C=O) groups excluding carboxylic acids is 2. The number of nitrogens with one attached hydrogen (secondary N) is 2. The average molecular weight is 237 g/mol. The molecule has 3 amide bonds. The maximum atomic E-state index is 10.9. The summed E-state index contributed by atoms with van der Waals surface area (Å²) in [5, 5.41) is 4.85. The highest BCUT2D eigenvalue weighted by atomic mass is 79.9. The van der Waals surface area contributed by atoms with E-state index < -0.39 is 6.03 Å². The van der Waals surface area contributed by atoms with E-state index in [0.29, 0.717) is 12.5 Å². The van der Waals surface area contributed by atoms with Crippen molar-refractivity contribution in [2.45, 2.75) is 13.8 Å². The number of hydrogen-bond acceptors (Lipinski definition) is 2. The van der Waals surface area contributed by atoms with E-state index >= 15 is 0 Å². The summed E-state index contributed by atoms with van der Waals surface area (Å²) in [6.45, 7) is 4.53. The highest BCUT2D eigenvalue weighted by molar-refractivity contribution is 9.09. The van der Waals surface area contributed by atoms with Gasteiger partial charge in [-0.25, -0.2) is 4.79 Å². The number of rotatable bonds is 3. The van der Waals surface area contributed by atoms with Crippen molar-refractivity contribution in [3.05, 3.63) is 0 Å². The molecule has 0 fully saturated rings. The molecule has 0 radical (unpaired) electrons. The van der Waals surface area contributed by atoms with Crippen LogP contribution >= 0.6 is 15.9 Å². The molecule has 70 valence electrons. The van der Waals surface area contributed by atoms with E-state index in [0.717, 1.165) is 0 Å². The fraction of sp³-hybridized carbons (Fsp3) is 0.714. The van der Waals surface area contributed by atoms with Crippen molar-refractivity contribution in [3.63, 3.8) is 0 Å². The highest BCUT2D eigenvalue weighted by Gasteiger charge is 2.04. The molecule has 0 aliphatic heterocycles. The zero-order valence-electron chi connectivity index (χ0n) is 7.19. The minimum Gasteiger partial charge on any atom is -0.338 e. The van der Waals surface area contributed by atoms with Crippen LogP contribution in [0.4, 0.5) is 4.79 Å². The van der Waals surface area contributed by atoms with Gasteiger partial charge in [-0.2, -0.15) is 0 Å². The number of halogens is 1. The number of amides is 3. The van der Waals surface area contributed by atoms with Gasteiger partial charge in [-0.05, 0) is 5.92 Å². The lowest BCUT2D eigenvalue weighted by atomic mass is 10.2. The van der Waals surface area contributed by atoms with Crippen LogP contribution < -0.4 is 10.6 Å². The molecule has 5 heteroatoms. The number of imide groups is 1. The van der Waals surface area contributed by atoms with Gasteiger partial charge < -0.3 is 5.32 Å². The quantitative estimate of drug-likeness (QED) is 0.715. The van der Waals surface area contributed by atoms with E-state index in [-0.39, 0.29) is 11.2 Å². The van der Waals surface area contributed by atoms with E-state index in [4.69, 9.17) is 0 Å². The smallest absolute Gasteiger partial charge is 0.321 e. The normalized spacial score (nSPS) is 9.67. The molecule has 0 heterocycles. The predicted octanol–water partition coefficient (Wildman–Crippen LogP) is 0.863. The molecule has 0 saturated carbocycles. The van der Waals surface area contributed by atoms with Crippen molar-refractivity contribution in [3.8, 4) is 0 Å². The van der Waals surface area contributed by atoms with Gasteiger partial charge in [0.25, 0.3) is 0 Å². The third-order valence-electron chi connectivity index (χ3n) is 1.05. The summed E-state index contributed by atoms with van der Waals surface area (Å²) >= 11 is 2.93. The van der Waals surface area contributed by atoms with Crippen molar-refractivity contribution in [2.75, 3.05) is 11.9 Å². The molecule has 12 heavy (non-hydrogen) atoms. The second kappa shape index (κ2) is 5.99. The number of alkyl halides is 1. The summed E-state index contributed by atoms with van der Waals surface area (Å²) in [7, 11) is 0. The van der Waals surface area contributed by atoms with Crippen LogP contribution in [0.15, 0.2) is 0 Å². The second-order valence-corrected chi connectivity index (χ2v) is 3.35. The van der Waals surface area contributed by atoms with Crippen molar-refractivity contribution in [2.24, 2.45) is 5.92 Å². The molecule has 0 aliphatic rings. The van der Waals surface area contributed by atoms with Crippen LogP contribution in [0.1, 0.15) is 13.8 Å². The number of urea groups is 1. The second-order valence-electron chi connectivity index (χ2n) is 2.79. The van der Waals surface area contributed by atoms with Gasteiger partial charge in [-0.1, -0.05) is 29.8 Å². The van der Waals surface area contributed by atoms with Crippen LogP contribution in [0.3, 0.4) is 0 Å². The fourth-order valence-electron chi connectivity index (χ4n) is 0.501. The van der Waals surface area contributed by atoms with E-state index in [1.807, 2.05) is 13.8 Å². The minimum absolute atomic E-state index is 0.141. The molecular formula is C7H13BrN2O2. The lowest BCUT2D eigenvalue weighted by molar-refractivity contribution is -0.117. The van der Waals surface area contributed by atoms with Gasteiger partial charge in [0.05, 0.1) is 5.33 Å². The first-order chi connectivity index (χ1) is 5.56. The van der Waals surface area contributed by atoms with Crippen molar-refractivity contribution in [1.29, 1.82) is 0 Å². The lowest BCUT2D eigenvalue weighted by Gasteiger charge is -2.07. The van der Waals surface area contributed by atoms with Crippen LogP contribution in [-0.2, 0) is 4.79 Å². The lowest BCUT2D eigenvalue weighted by Crippen LogP contribution is -2.41. The Labute approximate surface area is 80.2 Å². The first-order valence-electron chi connectivity index (χ1n) is 3.70. The predicted molar refractivity (Wildman–Crippen MR) is 50.2 cm³/mol. The Bertz CT molecular complexity index is 171. The van der Waals surface area contributed by atoms with Crippen molar-refractivity contribution >= 4 is 27.9 Å². The van der Waals surface area contributed by atoms with Gasteiger partial charge in [0.1, 0.15) is 0 Å². The summed E-state index contributed by atoms with van der Waals surface area (Å²) in [4.78, 5) is 21.5. The molecule has 0 unspecified atom stereocenters. The van der Waals surface area contributed by atoms with Crippen LogP contribution in [-0.4, -0.2) is 23.8 Å². The van der Waals surface area contributed by atoms with Gasteiger partial charge in [-0.15, -0.1) is 0 Å². The Kier molecular flexibility index (Phi) is 5.70. The zero-order valence-corrected chi connectivity index (χ0v) is 8.77. The largest absolute Gasteiger partial charge is 0.338 e. The van der Waals surface area contributed by atoms with Crippen molar-refractivity contribution in [1.82, 2.24) is 10.6 Å². The van der Waals surface area contributed by atoms with Gasteiger partial charge in [0, 0.05) is 6.54 Å². The first kappa shape index (κ1) is 11.4. The van der Waals surface area contributed by atoms with Crippen LogP contribution in [0, 0.1) is 5.92 Å². The van der Waals surface area contributed by atoms with E-state index in [1.54, 1.807) is 0 Å². The Morgan fingerprint density at radius 3 is 2.42 bits per heavy atom. The molecule has 0 saturated heterocycles. The molecule has 0 aromatic rings. The molecule has 0 spiro atoms. The van der Waals surface area contributed by atoms with Gasteiger partial charge in [0.15, 0.2) is 0 Å². The van der Waals surface area contributed by atoms with Crippen LogP contribution in [0.5, 0.6) is 0 Å². The minimum atomic E-state index is -0.437. The molecule has 4 nitrogen and oxygen atoms in total. The molecule has 0 atom stereocenters. The summed E-state index contributed by atoms with van der Waals surface area (Å²) in [6, 6.07) is -0.437.